The van der Waals surface area contributed by atoms with Gasteiger partial charge < -0.3 is 9.80 Å². The second-order valence-corrected chi connectivity index (χ2v) is 11.4. The van der Waals surface area contributed by atoms with Crippen molar-refractivity contribution < 1.29 is 4.79 Å². The van der Waals surface area contributed by atoms with Gasteiger partial charge in [-0.2, -0.15) is 0 Å². The van der Waals surface area contributed by atoms with E-state index in [9.17, 15) is 4.79 Å². The number of hydrogen-bond acceptors (Lipinski definition) is 2. The molecule has 0 bridgehead atoms. The zero-order chi connectivity index (χ0) is 26.0. The van der Waals surface area contributed by atoms with E-state index in [1.807, 2.05) is 0 Å². The molecule has 1 amide bonds. The molecule has 3 heteroatoms. The topological polar surface area (TPSA) is 23.6 Å². The fraction of sp³-hybridized carbons (Fsp3) is 0.969. The van der Waals surface area contributed by atoms with E-state index in [1.54, 1.807) is 0 Å². The lowest BCUT2D eigenvalue weighted by atomic mass is 9.97. The normalized spacial score (nSPS) is 12.4. The Kier molecular flexibility index (Phi) is 26.1. The summed E-state index contributed by atoms with van der Waals surface area (Å²) in [5.41, 5.74) is 0. The molecule has 0 heterocycles. The molecule has 0 aromatic rings. The number of nitrogens with zero attached hydrogens (tertiary/aromatic N) is 2. The maximum atomic E-state index is 13.4. The van der Waals surface area contributed by atoms with Crippen molar-refractivity contribution in [3.63, 3.8) is 0 Å². The van der Waals surface area contributed by atoms with Crippen LogP contribution in [0.15, 0.2) is 0 Å². The molecule has 0 fully saturated rings. The molecule has 0 aromatic carbocycles. The summed E-state index contributed by atoms with van der Waals surface area (Å²) in [5.74, 6) is 0.443. The van der Waals surface area contributed by atoms with E-state index >= 15 is 0 Å². The molecule has 0 aliphatic carbocycles. The van der Waals surface area contributed by atoms with Crippen LogP contribution in [0.4, 0.5) is 0 Å². The Morgan fingerprint density at radius 1 is 0.514 bits per heavy atom. The predicted molar refractivity (Wildman–Crippen MR) is 157 cm³/mol. The molecule has 3 nitrogen and oxygen atoms in total. The molecule has 35 heavy (non-hydrogen) atoms. The van der Waals surface area contributed by atoms with E-state index in [4.69, 9.17) is 0 Å². The average molecular weight is 495 g/mol. The van der Waals surface area contributed by atoms with Crippen molar-refractivity contribution in [2.75, 3.05) is 27.2 Å². The molecule has 0 spiro atoms. The van der Waals surface area contributed by atoms with Crippen molar-refractivity contribution in [3.8, 4) is 0 Å². The van der Waals surface area contributed by atoms with Gasteiger partial charge in [-0.3, -0.25) is 4.79 Å². The van der Waals surface area contributed by atoms with E-state index in [0.717, 1.165) is 32.4 Å². The Morgan fingerprint density at radius 3 is 1.34 bits per heavy atom. The van der Waals surface area contributed by atoms with Gasteiger partial charge in [-0.25, -0.2) is 0 Å². The van der Waals surface area contributed by atoms with Crippen LogP contribution in [0.5, 0.6) is 0 Å². The number of carbonyl (C=O) groups excluding carboxylic acids is 1. The first kappa shape index (κ1) is 34.4. The number of hydrogen-bond donors (Lipinski definition) is 0. The fourth-order valence-corrected chi connectivity index (χ4v) is 5.22. The van der Waals surface area contributed by atoms with E-state index in [-0.39, 0.29) is 0 Å². The summed E-state index contributed by atoms with van der Waals surface area (Å²) < 4.78 is 0. The van der Waals surface area contributed by atoms with Crippen LogP contribution >= 0.6 is 0 Å². The molecule has 0 aliphatic heterocycles. The van der Waals surface area contributed by atoms with Crippen LogP contribution in [0.3, 0.4) is 0 Å². The maximum Gasteiger partial charge on any atom is 0.222 e. The molecular weight excluding hydrogens is 428 g/mol. The molecule has 0 saturated heterocycles. The Labute approximate surface area is 222 Å². The van der Waals surface area contributed by atoms with Crippen molar-refractivity contribution in [2.45, 2.75) is 174 Å². The van der Waals surface area contributed by atoms with Crippen LogP contribution < -0.4 is 0 Å². The predicted octanol–water partition coefficient (Wildman–Crippen LogP) is 9.78. The molecule has 1 unspecified atom stereocenters. The monoisotopic (exact) mass is 495 g/mol. The zero-order valence-electron chi connectivity index (χ0n) is 25.1. The third-order valence-electron chi connectivity index (χ3n) is 7.54. The number of unbranched alkanes of at least 4 members (excludes halogenated alkanes) is 16. The van der Waals surface area contributed by atoms with Gasteiger partial charge in [0.15, 0.2) is 0 Å². The molecule has 0 rings (SSSR count). The summed E-state index contributed by atoms with van der Waals surface area (Å²) >= 11 is 0. The highest BCUT2D eigenvalue weighted by Crippen LogP contribution is 2.21. The molecule has 0 radical (unpaired) electrons. The summed E-state index contributed by atoms with van der Waals surface area (Å²) in [6, 6.07) is 0.464. The maximum absolute atomic E-state index is 13.4. The summed E-state index contributed by atoms with van der Waals surface area (Å²) in [6.07, 6.45) is 29.4. The molecule has 0 aromatic heterocycles. The highest BCUT2D eigenvalue weighted by Gasteiger charge is 2.22. The Hall–Kier alpha value is -0.570. The number of rotatable bonds is 27. The standard InChI is InChI=1S/C32H66N2O/c1-6-9-12-15-18-20-23-27-31(26-22-19-16-13-10-7-2)34(30-25-29-33(4)5)32(35)28-24-21-17-14-11-8-3/h31H,6-30H2,1-5H3. The van der Waals surface area contributed by atoms with Crippen molar-refractivity contribution in [1.29, 1.82) is 0 Å². The van der Waals surface area contributed by atoms with Crippen molar-refractivity contribution in [3.05, 3.63) is 0 Å². The van der Waals surface area contributed by atoms with Gasteiger partial charge in [-0.1, -0.05) is 136 Å². The van der Waals surface area contributed by atoms with Crippen LogP contribution in [0.1, 0.15) is 168 Å². The Bertz CT molecular complexity index is 437. The molecule has 1 atom stereocenters. The second-order valence-electron chi connectivity index (χ2n) is 11.4. The first-order chi connectivity index (χ1) is 17.1. The minimum absolute atomic E-state index is 0.443. The van der Waals surface area contributed by atoms with Crippen molar-refractivity contribution in [2.24, 2.45) is 0 Å². The van der Waals surface area contributed by atoms with Crippen LogP contribution in [-0.2, 0) is 4.79 Å². The molecule has 0 aliphatic rings. The first-order valence-corrected chi connectivity index (χ1v) is 16.0. The van der Waals surface area contributed by atoms with Gasteiger partial charge in [0, 0.05) is 19.0 Å². The van der Waals surface area contributed by atoms with Crippen LogP contribution in [-0.4, -0.2) is 48.9 Å². The van der Waals surface area contributed by atoms with Gasteiger partial charge in [0.2, 0.25) is 5.91 Å². The Morgan fingerprint density at radius 2 is 0.914 bits per heavy atom. The summed E-state index contributed by atoms with van der Waals surface area (Å²) in [7, 11) is 4.30. The van der Waals surface area contributed by atoms with Gasteiger partial charge >= 0.3 is 0 Å². The lowest BCUT2D eigenvalue weighted by Crippen LogP contribution is -2.41. The molecule has 0 saturated carbocycles. The van der Waals surface area contributed by atoms with Gasteiger partial charge in [0.05, 0.1) is 0 Å². The highest BCUT2D eigenvalue weighted by molar-refractivity contribution is 5.76. The Balaban J connectivity index is 4.86. The highest BCUT2D eigenvalue weighted by atomic mass is 16.2. The largest absolute Gasteiger partial charge is 0.340 e. The zero-order valence-corrected chi connectivity index (χ0v) is 25.1. The van der Waals surface area contributed by atoms with Gasteiger partial charge in [-0.15, -0.1) is 0 Å². The SMILES string of the molecule is CCCCCCCCCC(CCCCCCCC)N(CCCN(C)C)C(=O)CCCCCCCC. The molecule has 210 valence electrons. The molecule has 0 N–H and O–H groups in total. The lowest BCUT2D eigenvalue weighted by Gasteiger charge is -2.33. The van der Waals surface area contributed by atoms with Crippen molar-refractivity contribution >= 4 is 5.91 Å². The van der Waals surface area contributed by atoms with Gasteiger partial charge in [0.1, 0.15) is 0 Å². The summed E-state index contributed by atoms with van der Waals surface area (Å²) in [5, 5.41) is 0. The smallest absolute Gasteiger partial charge is 0.222 e. The van der Waals surface area contributed by atoms with E-state index in [0.29, 0.717) is 11.9 Å². The summed E-state index contributed by atoms with van der Waals surface area (Å²) in [4.78, 5) is 18.0. The number of carbonyl (C=O) groups is 1. The fourth-order valence-electron chi connectivity index (χ4n) is 5.22. The average Bonchev–Trinajstić information content (AvgIpc) is 2.84. The number of amides is 1. The van der Waals surface area contributed by atoms with Crippen LogP contribution in [0, 0.1) is 0 Å². The molecular formula is C32H66N2O. The third kappa shape index (κ3) is 22.4. The van der Waals surface area contributed by atoms with Gasteiger partial charge in [0.25, 0.3) is 0 Å². The van der Waals surface area contributed by atoms with Crippen LogP contribution in [0.25, 0.3) is 0 Å². The van der Waals surface area contributed by atoms with E-state index in [1.165, 1.54) is 128 Å². The van der Waals surface area contributed by atoms with Crippen molar-refractivity contribution in [1.82, 2.24) is 9.80 Å². The first-order valence-electron chi connectivity index (χ1n) is 16.0. The minimum atomic E-state index is 0.443. The second kappa shape index (κ2) is 26.5. The quantitative estimate of drug-likeness (QED) is 0.106. The van der Waals surface area contributed by atoms with E-state index in [2.05, 4.69) is 44.7 Å². The summed E-state index contributed by atoms with van der Waals surface area (Å²) in [6.45, 7) is 8.87. The van der Waals surface area contributed by atoms with Gasteiger partial charge in [-0.05, 0) is 46.3 Å². The van der Waals surface area contributed by atoms with E-state index < -0.39 is 0 Å². The van der Waals surface area contributed by atoms with Crippen LogP contribution in [0.2, 0.25) is 0 Å². The lowest BCUT2D eigenvalue weighted by molar-refractivity contribution is -0.134. The third-order valence-corrected chi connectivity index (χ3v) is 7.54. The minimum Gasteiger partial charge on any atom is -0.340 e.